The van der Waals surface area contributed by atoms with Crippen molar-refractivity contribution in [3.05, 3.63) is 12.7 Å². The summed E-state index contributed by atoms with van der Waals surface area (Å²) in [5, 5.41) is 3.43. The predicted molar refractivity (Wildman–Crippen MR) is 67.1 cm³/mol. The van der Waals surface area contributed by atoms with Crippen molar-refractivity contribution in [3.63, 3.8) is 0 Å². The number of nitrogens with one attached hydrogen (secondary N) is 1. The van der Waals surface area contributed by atoms with E-state index in [0.717, 1.165) is 12.5 Å². The first-order valence-corrected chi connectivity index (χ1v) is 6.40. The minimum Gasteiger partial charge on any atom is -0.316 e. The second-order valence-corrected chi connectivity index (χ2v) is 4.59. The Hall–Kier alpha value is -0.340. The van der Waals surface area contributed by atoms with Gasteiger partial charge in [0.1, 0.15) is 0 Å². The first-order valence-electron chi connectivity index (χ1n) is 6.40. The molecule has 1 rings (SSSR count). The maximum absolute atomic E-state index is 3.82. The maximum Gasteiger partial charge on any atom is 0.0160 e. The van der Waals surface area contributed by atoms with Crippen LogP contribution in [0.5, 0.6) is 0 Å². The van der Waals surface area contributed by atoms with Gasteiger partial charge in [-0.25, -0.2) is 0 Å². The van der Waals surface area contributed by atoms with Gasteiger partial charge in [0, 0.05) is 6.54 Å². The molecule has 1 heterocycles. The average molecular weight is 210 g/mol. The van der Waals surface area contributed by atoms with Crippen molar-refractivity contribution in [2.75, 3.05) is 32.7 Å². The van der Waals surface area contributed by atoms with Gasteiger partial charge in [0.05, 0.1) is 0 Å². The van der Waals surface area contributed by atoms with Crippen LogP contribution in [0, 0.1) is 5.92 Å². The van der Waals surface area contributed by atoms with Crippen LogP contribution < -0.4 is 5.32 Å². The number of hydrogen-bond donors (Lipinski definition) is 1. The quantitative estimate of drug-likeness (QED) is 0.618. The second-order valence-electron chi connectivity index (χ2n) is 4.59. The van der Waals surface area contributed by atoms with Crippen LogP contribution in [0.25, 0.3) is 0 Å². The van der Waals surface area contributed by atoms with Gasteiger partial charge in [-0.1, -0.05) is 13.0 Å². The molecule has 0 bridgehead atoms. The van der Waals surface area contributed by atoms with E-state index in [1.807, 2.05) is 6.08 Å². The lowest BCUT2D eigenvalue weighted by Crippen LogP contribution is -2.26. The van der Waals surface area contributed by atoms with E-state index in [1.165, 1.54) is 51.9 Å². The smallest absolute Gasteiger partial charge is 0.0160 e. The number of rotatable bonds is 8. The first-order chi connectivity index (χ1) is 7.36. The number of nitrogens with zero attached hydrogens (tertiary/aromatic N) is 1. The summed E-state index contributed by atoms with van der Waals surface area (Å²) >= 11 is 0. The molecule has 2 nitrogen and oxygen atoms in total. The molecule has 0 radical (unpaired) electrons. The SMILES string of the molecule is C=CCN(CCC)CCCC1CCNC1. The summed E-state index contributed by atoms with van der Waals surface area (Å²) in [4.78, 5) is 2.51. The van der Waals surface area contributed by atoms with Crippen molar-refractivity contribution in [2.45, 2.75) is 32.6 Å². The van der Waals surface area contributed by atoms with E-state index >= 15 is 0 Å². The standard InChI is InChI=1S/C13H26N2/c1-3-9-15(10-4-2)11-5-6-13-7-8-14-12-13/h3,13-14H,1,4-12H2,2H3. The van der Waals surface area contributed by atoms with Crippen LogP contribution >= 0.6 is 0 Å². The summed E-state index contributed by atoms with van der Waals surface area (Å²) < 4.78 is 0. The lowest BCUT2D eigenvalue weighted by atomic mass is 10.0. The molecule has 1 unspecified atom stereocenters. The van der Waals surface area contributed by atoms with Gasteiger partial charge in [-0.05, 0) is 57.8 Å². The molecule has 0 aliphatic carbocycles. The Morgan fingerprint density at radius 1 is 1.47 bits per heavy atom. The van der Waals surface area contributed by atoms with Crippen molar-refractivity contribution in [1.82, 2.24) is 10.2 Å². The highest BCUT2D eigenvalue weighted by Gasteiger charge is 2.13. The van der Waals surface area contributed by atoms with Gasteiger partial charge < -0.3 is 5.32 Å². The lowest BCUT2D eigenvalue weighted by Gasteiger charge is -2.20. The molecule has 0 amide bonds. The van der Waals surface area contributed by atoms with Crippen LogP contribution in [-0.4, -0.2) is 37.6 Å². The zero-order chi connectivity index (χ0) is 10.9. The molecule has 1 aliphatic heterocycles. The molecule has 15 heavy (non-hydrogen) atoms. The minimum absolute atomic E-state index is 0.942. The topological polar surface area (TPSA) is 15.3 Å². The van der Waals surface area contributed by atoms with Gasteiger partial charge in [-0.15, -0.1) is 6.58 Å². The number of hydrogen-bond acceptors (Lipinski definition) is 2. The third kappa shape index (κ3) is 5.33. The highest BCUT2D eigenvalue weighted by molar-refractivity contribution is 4.75. The van der Waals surface area contributed by atoms with Crippen molar-refractivity contribution >= 4 is 0 Å². The molecule has 1 aliphatic rings. The molecule has 1 N–H and O–H groups in total. The Balaban J connectivity index is 2.06. The average Bonchev–Trinajstić information content (AvgIpc) is 2.71. The highest BCUT2D eigenvalue weighted by atomic mass is 15.1. The lowest BCUT2D eigenvalue weighted by molar-refractivity contribution is 0.288. The van der Waals surface area contributed by atoms with E-state index in [9.17, 15) is 0 Å². The third-order valence-corrected chi connectivity index (χ3v) is 3.18. The molecule has 0 spiro atoms. The summed E-state index contributed by atoms with van der Waals surface area (Å²) in [5.41, 5.74) is 0. The van der Waals surface area contributed by atoms with E-state index in [0.29, 0.717) is 0 Å². The van der Waals surface area contributed by atoms with E-state index in [-0.39, 0.29) is 0 Å². The van der Waals surface area contributed by atoms with Gasteiger partial charge in [-0.3, -0.25) is 4.90 Å². The van der Waals surface area contributed by atoms with Crippen molar-refractivity contribution in [3.8, 4) is 0 Å². The fourth-order valence-corrected chi connectivity index (χ4v) is 2.36. The summed E-state index contributed by atoms with van der Waals surface area (Å²) in [7, 11) is 0. The van der Waals surface area contributed by atoms with E-state index in [2.05, 4.69) is 23.7 Å². The van der Waals surface area contributed by atoms with Crippen LogP contribution in [0.3, 0.4) is 0 Å². The Bertz CT molecular complexity index is 162. The molecule has 0 saturated carbocycles. The molecular weight excluding hydrogens is 184 g/mol. The molecular formula is C13H26N2. The minimum atomic E-state index is 0.942. The van der Waals surface area contributed by atoms with Gasteiger partial charge in [-0.2, -0.15) is 0 Å². The van der Waals surface area contributed by atoms with Crippen LogP contribution in [0.2, 0.25) is 0 Å². The molecule has 2 heteroatoms. The van der Waals surface area contributed by atoms with Crippen LogP contribution in [0.1, 0.15) is 32.6 Å². The molecule has 1 saturated heterocycles. The van der Waals surface area contributed by atoms with Crippen LogP contribution in [0.15, 0.2) is 12.7 Å². The third-order valence-electron chi connectivity index (χ3n) is 3.18. The Labute approximate surface area is 94.7 Å². The molecule has 0 aromatic rings. The normalized spacial score (nSPS) is 21.1. The first kappa shape index (κ1) is 12.7. The molecule has 1 atom stereocenters. The van der Waals surface area contributed by atoms with Crippen molar-refractivity contribution in [2.24, 2.45) is 5.92 Å². The highest BCUT2D eigenvalue weighted by Crippen LogP contribution is 2.14. The van der Waals surface area contributed by atoms with Crippen molar-refractivity contribution < 1.29 is 0 Å². The van der Waals surface area contributed by atoms with Gasteiger partial charge in [0.2, 0.25) is 0 Å². The monoisotopic (exact) mass is 210 g/mol. The van der Waals surface area contributed by atoms with Gasteiger partial charge >= 0.3 is 0 Å². The van der Waals surface area contributed by atoms with E-state index in [4.69, 9.17) is 0 Å². The zero-order valence-electron chi connectivity index (χ0n) is 10.2. The Kier molecular flexibility index (Phi) is 6.69. The zero-order valence-corrected chi connectivity index (χ0v) is 10.2. The molecule has 88 valence electrons. The van der Waals surface area contributed by atoms with Gasteiger partial charge in [0.25, 0.3) is 0 Å². The molecule has 0 aromatic carbocycles. The van der Waals surface area contributed by atoms with E-state index < -0.39 is 0 Å². The maximum atomic E-state index is 3.82. The summed E-state index contributed by atoms with van der Waals surface area (Å²) in [5.74, 6) is 0.942. The fraction of sp³-hybridized carbons (Fsp3) is 0.846. The Morgan fingerprint density at radius 2 is 2.33 bits per heavy atom. The molecule has 0 aromatic heterocycles. The summed E-state index contributed by atoms with van der Waals surface area (Å²) in [6.07, 6.45) is 7.39. The second kappa shape index (κ2) is 7.89. The van der Waals surface area contributed by atoms with Gasteiger partial charge in [0.15, 0.2) is 0 Å². The largest absolute Gasteiger partial charge is 0.316 e. The summed E-state index contributed by atoms with van der Waals surface area (Å²) in [6.45, 7) is 12.1. The van der Waals surface area contributed by atoms with Crippen LogP contribution in [0.4, 0.5) is 0 Å². The summed E-state index contributed by atoms with van der Waals surface area (Å²) in [6, 6.07) is 0. The fourth-order valence-electron chi connectivity index (χ4n) is 2.36. The Morgan fingerprint density at radius 3 is 2.93 bits per heavy atom. The van der Waals surface area contributed by atoms with Crippen molar-refractivity contribution in [1.29, 1.82) is 0 Å². The predicted octanol–water partition coefficient (Wildman–Crippen LogP) is 2.27. The molecule has 1 fully saturated rings. The van der Waals surface area contributed by atoms with Crippen LogP contribution in [-0.2, 0) is 0 Å². The van der Waals surface area contributed by atoms with E-state index in [1.54, 1.807) is 0 Å².